The summed E-state index contributed by atoms with van der Waals surface area (Å²) in [4.78, 5) is 23.1. The van der Waals surface area contributed by atoms with Gasteiger partial charge in [0.15, 0.2) is 5.89 Å². The lowest BCUT2D eigenvalue weighted by molar-refractivity contribution is 0.0697. The first-order valence-corrected chi connectivity index (χ1v) is 9.50. The summed E-state index contributed by atoms with van der Waals surface area (Å²) in [7, 11) is 1.66. The molecule has 0 N–H and O–H groups in total. The molecular formula is C22H23N3O3. The molecule has 0 saturated carbocycles. The van der Waals surface area contributed by atoms with Gasteiger partial charge in [0, 0.05) is 31.9 Å². The molecule has 0 radical (unpaired) electrons. The second kappa shape index (κ2) is 8.25. The topological polar surface area (TPSA) is 68.5 Å². The lowest BCUT2D eigenvalue weighted by Crippen LogP contribution is -2.39. The third-order valence-electron chi connectivity index (χ3n) is 5.05. The van der Waals surface area contributed by atoms with E-state index in [0.29, 0.717) is 24.4 Å². The molecule has 1 fully saturated rings. The van der Waals surface area contributed by atoms with Crippen LogP contribution < -0.4 is 4.74 Å². The Kier molecular flexibility index (Phi) is 5.37. The Labute approximate surface area is 164 Å². The number of piperidine rings is 1. The predicted molar refractivity (Wildman–Crippen MR) is 104 cm³/mol. The highest BCUT2D eigenvalue weighted by Gasteiger charge is 2.28. The summed E-state index contributed by atoms with van der Waals surface area (Å²) in [5.74, 6) is 2.49. The maximum atomic E-state index is 12.7. The number of pyridine rings is 1. The van der Waals surface area contributed by atoms with E-state index in [0.717, 1.165) is 36.5 Å². The second-order valence-corrected chi connectivity index (χ2v) is 7.03. The van der Waals surface area contributed by atoms with Crippen LogP contribution in [0.4, 0.5) is 0 Å². The zero-order valence-corrected chi connectivity index (χ0v) is 15.9. The van der Waals surface area contributed by atoms with Gasteiger partial charge in [-0.25, -0.2) is 4.98 Å². The summed E-state index contributed by atoms with van der Waals surface area (Å²) in [5.41, 5.74) is 1.73. The van der Waals surface area contributed by atoms with Crippen LogP contribution in [0.2, 0.25) is 0 Å². The van der Waals surface area contributed by atoms with Gasteiger partial charge in [0.2, 0.25) is 0 Å². The summed E-state index contributed by atoms with van der Waals surface area (Å²) >= 11 is 0. The average Bonchev–Trinajstić information content (AvgIpc) is 3.22. The molecule has 6 nitrogen and oxygen atoms in total. The number of carbonyl (C=O) groups is 1. The van der Waals surface area contributed by atoms with Gasteiger partial charge in [0.05, 0.1) is 24.8 Å². The number of hydrogen-bond donors (Lipinski definition) is 0. The van der Waals surface area contributed by atoms with E-state index in [1.54, 1.807) is 37.8 Å². The minimum absolute atomic E-state index is 0.0148. The van der Waals surface area contributed by atoms with Gasteiger partial charge in [0.1, 0.15) is 11.5 Å². The molecule has 1 aromatic carbocycles. The van der Waals surface area contributed by atoms with Crippen LogP contribution in [0.3, 0.4) is 0 Å². The number of nitrogens with zero attached hydrogens (tertiary/aromatic N) is 3. The van der Waals surface area contributed by atoms with E-state index in [1.165, 1.54) is 0 Å². The van der Waals surface area contributed by atoms with Crippen LogP contribution in [0.5, 0.6) is 5.75 Å². The van der Waals surface area contributed by atoms with Crippen molar-refractivity contribution in [2.75, 3.05) is 20.2 Å². The van der Waals surface area contributed by atoms with Crippen molar-refractivity contribution in [3.05, 3.63) is 77.8 Å². The van der Waals surface area contributed by atoms with Crippen LogP contribution >= 0.6 is 0 Å². The number of amides is 1. The Balaban J connectivity index is 1.43. The Bertz CT molecular complexity index is 939. The summed E-state index contributed by atoms with van der Waals surface area (Å²) < 4.78 is 11.3. The van der Waals surface area contributed by atoms with Gasteiger partial charge in [-0.1, -0.05) is 12.1 Å². The van der Waals surface area contributed by atoms with Crippen molar-refractivity contribution in [1.82, 2.24) is 14.9 Å². The Hall–Kier alpha value is -3.15. The van der Waals surface area contributed by atoms with Crippen molar-refractivity contribution in [3.8, 4) is 5.75 Å². The molecule has 1 saturated heterocycles. The van der Waals surface area contributed by atoms with Gasteiger partial charge in [-0.05, 0) is 42.7 Å². The molecule has 3 heterocycles. The molecule has 6 heteroatoms. The minimum atomic E-state index is 0.0148. The fourth-order valence-corrected chi connectivity index (χ4v) is 3.61. The monoisotopic (exact) mass is 377 g/mol. The SMILES string of the molecule is COc1cccc(Cc2cnc(C3CCCN(C(=O)c4cccnc4)C3)o2)c1. The summed E-state index contributed by atoms with van der Waals surface area (Å²) in [6.45, 7) is 1.37. The third-order valence-corrected chi connectivity index (χ3v) is 5.05. The van der Waals surface area contributed by atoms with Crippen LogP contribution in [0.25, 0.3) is 0 Å². The first-order valence-electron chi connectivity index (χ1n) is 9.50. The molecular weight excluding hydrogens is 354 g/mol. The minimum Gasteiger partial charge on any atom is -0.497 e. The van der Waals surface area contributed by atoms with E-state index in [2.05, 4.69) is 9.97 Å². The number of hydrogen-bond acceptors (Lipinski definition) is 5. The van der Waals surface area contributed by atoms with Crippen LogP contribution in [0.15, 0.2) is 59.4 Å². The quantitative estimate of drug-likeness (QED) is 0.678. The van der Waals surface area contributed by atoms with Crippen LogP contribution in [0, 0.1) is 0 Å². The van der Waals surface area contributed by atoms with Gasteiger partial charge in [-0.15, -0.1) is 0 Å². The van der Waals surface area contributed by atoms with Gasteiger partial charge in [-0.2, -0.15) is 0 Å². The first-order chi connectivity index (χ1) is 13.7. The number of oxazole rings is 1. The van der Waals surface area contributed by atoms with E-state index >= 15 is 0 Å². The second-order valence-electron chi connectivity index (χ2n) is 7.03. The van der Waals surface area contributed by atoms with Crippen molar-refractivity contribution in [3.63, 3.8) is 0 Å². The molecule has 1 unspecified atom stereocenters. The number of rotatable bonds is 5. The molecule has 0 spiro atoms. The summed E-state index contributed by atoms with van der Waals surface area (Å²) in [6, 6.07) is 11.5. The molecule has 2 aromatic heterocycles. The molecule has 1 aliphatic heterocycles. The van der Waals surface area contributed by atoms with Gasteiger partial charge >= 0.3 is 0 Å². The largest absolute Gasteiger partial charge is 0.497 e. The lowest BCUT2D eigenvalue weighted by atomic mass is 9.97. The molecule has 1 aliphatic rings. The maximum Gasteiger partial charge on any atom is 0.255 e. The highest BCUT2D eigenvalue weighted by Crippen LogP contribution is 2.28. The van der Waals surface area contributed by atoms with E-state index in [-0.39, 0.29) is 11.8 Å². The number of aromatic nitrogens is 2. The average molecular weight is 377 g/mol. The fraction of sp³-hybridized carbons (Fsp3) is 0.318. The van der Waals surface area contributed by atoms with Gasteiger partial charge < -0.3 is 14.1 Å². The molecule has 1 amide bonds. The van der Waals surface area contributed by atoms with E-state index in [1.807, 2.05) is 29.2 Å². The molecule has 1 atom stereocenters. The lowest BCUT2D eigenvalue weighted by Gasteiger charge is -2.31. The van der Waals surface area contributed by atoms with Crippen LogP contribution in [-0.2, 0) is 6.42 Å². The van der Waals surface area contributed by atoms with E-state index in [9.17, 15) is 4.79 Å². The Morgan fingerprint density at radius 3 is 3.04 bits per heavy atom. The smallest absolute Gasteiger partial charge is 0.255 e. The number of carbonyl (C=O) groups excluding carboxylic acids is 1. The Morgan fingerprint density at radius 1 is 1.29 bits per heavy atom. The number of ether oxygens (including phenoxy) is 1. The first kappa shape index (κ1) is 18.2. The van der Waals surface area contributed by atoms with Crippen molar-refractivity contribution in [2.24, 2.45) is 0 Å². The van der Waals surface area contributed by atoms with Crippen LogP contribution in [0.1, 0.15) is 46.3 Å². The van der Waals surface area contributed by atoms with Crippen molar-refractivity contribution < 1.29 is 13.9 Å². The fourth-order valence-electron chi connectivity index (χ4n) is 3.61. The summed E-state index contributed by atoms with van der Waals surface area (Å²) in [5, 5.41) is 0. The third kappa shape index (κ3) is 4.06. The van der Waals surface area contributed by atoms with Crippen LogP contribution in [-0.4, -0.2) is 41.0 Å². The Morgan fingerprint density at radius 2 is 2.21 bits per heavy atom. The predicted octanol–water partition coefficient (Wildman–Crippen LogP) is 3.69. The molecule has 0 bridgehead atoms. The molecule has 0 aliphatic carbocycles. The van der Waals surface area contributed by atoms with Gasteiger partial charge in [0.25, 0.3) is 5.91 Å². The standard InChI is InChI=1S/C22H23N3O3/c1-27-19-8-2-5-16(11-19)12-20-14-24-21(28-20)18-7-4-10-25(15-18)22(26)17-6-3-9-23-13-17/h2-3,5-6,8-9,11,13-14,18H,4,7,10,12,15H2,1H3. The van der Waals surface area contributed by atoms with Crippen molar-refractivity contribution in [2.45, 2.75) is 25.2 Å². The molecule has 4 rings (SSSR count). The normalized spacial score (nSPS) is 16.8. The highest BCUT2D eigenvalue weighted by molar-refractivity contribution is 5.93. The molecule has 28 heavy (non-hydrogen) atoms. The zero-order valence-electron chi connectivity index (χ0n) is 15.9. The molecule has 3 aromatic rings. The number of methoxy groups -OCH3 is 1. The zero-order chi connectivity index (χ0) is 19.3. The van der Waals surface area contributed by atoms with Crippen molar-refractivity contribution >= 4 is 5.91 Å². The number of benzene rings is 1. The van der Waals surface area contributed by atoms with Crippen molar-refractivity contribution in [1.29, 1.82) is 0 Å². The summed E-state index contributed by atoms with van der Waals surface area (Å²) in [6.07, 6.45) is 7.64. The maximum absolute atomic E-state index is 12.7. The van der Waals surface area contributed by atoms with Gasteiger partial charge in [-0.3, -0.25) is 9.78 Å². The number of likely N-dealkylation sites (tertiary alicyclic amines) is 1. The van der Waals surface area contributed by atoms with E-state index in [4.69, 9.17) is 9.15 Å². The van der Waals surface area contributed by atoms with E-state index < -0.39 is 0 Å². The molecule has 144 valence electrons. The highest BCUT2D eigenvalue weighted by atomic mass is 16.5.